The fraction of sp³-hybridized carbons (Fsp3) is 0.250. The summed E-state index contributed by atoms with van der Waals surface area (Å²) in [6.45, 7) is -0.0173. The zero-order valence-corrected chi connectivity index (χ0v) is 10.3. The van der Waals surface area contributed by atoms with Crippen molar-refractivity contribution in [2.45, 2.75) is 6.04 Å². The molecule has 0 fully saturated rings. The second-order valence-corrected chi connectivity index (χ2v) is 3.83. The van der Waals surface area contributed by atoms with Crippen molar-refractivity contribution in [3.05, 3.63) is 24.3 Å². The van der Waals surface area contributed by atoms with E-state index in [1.165, 1.54) is 0 Å². The highest BCUT2D eigenvalue weighted by Crippen LogP contribution is 2.16. The van der Waals surface area contributed by atoms with E-state index in [4.69, 9.17) is 15.2 Å². The first-order valence-corrected chi connectivity index (χ1v) is 5.55. The SMILES string of the molecule is COc1ccc(OCC2=NC(=O)C(N)C(=O)N2)cc1. The van der Waals surface area contributed by atoms with E-state index in [0.717, 1.165) is 0 Å². The number of carbonyl (C=O) groups is 2. The summed E-state index contributed by atoms with van der Waals surface area (Å²) < 4.78 is 10.4. The summed E-state index contributed by atoms with van der Waals surface area (Å²) in [5.74, 6) is 0.176. The van der Waals surface area contributed by atoms with E-state index in [0.29, 0.717) is 11.5 Å². The number of hydrogen-bond donors (Lipinski definition) is 2. The lowest BCUT2D eigenvalue weighted by molar-refractivity contribution is -0.129. The van der Waals surface area contributed by atoms with Crippen molar-refractivity contribution < 1.29 is 19.1 Å². The third kappa shape index (κ3) is 3.08. The molecule has 0 saturated heterocycles. The molecule has 0 saturated carbocycles. The molecule has 7 heteroatoms. The molecular formula is C12H13N3O4. The standard InChI is InChI=1S/C12H13N3O4/c1-18-7-2-4-8(5-3-7)19-6-9-14-11(16)10(13)12(17)15-9/h2-5,10H,6,13H2,1H3,(H,14,15,16,17). The predicted molar refractivity (Wildman–Crippen MR) is 67.0 cm³/mol. The van der Waals surface area contributed by atoms with Gasteiger partial charge in [-0.2, -0.15) is 4.99 Å². The van der Waals surface area contributed by atoms with E-state index in [-0.39, 0.29) is 12.4 Å². The van der Waals surface area contributed by atoms with Crippen LogP contribution in [0.2, 0.25) is 0 Å². The zero-order valence-electron chi connectivity index (χ0n) is 10.3. The molecule has 2 rings (SSSR count). The van der Waals surface area contributed by atoms with Crippen LogP contribution in [0.25, 0.3) is 0 Å². The van der Waals surface area contributed by atoms with Crippen LogP contribution in [0.4, 0.5) is 0 Å². The number of methoxy groups -OCH3 is 1. The number of rotatable bonds is 4. The quantitative estimate of drug-likeness (QED) is 0.710. The average molecular weight is 263 g/mol. The molecular weight excluding hydrogens is 250 g/mol. The highest BCUT2D eigenvalue weighted by Gasteiger charge is 2.28. The fourth-order valence-corrected chi connectivity index (χ4v) is 1.45. The van der Waals surface area contributed by atoms with Crippen molar-refractivity contribution in [2.24, 2.45) is 10.7 Å². The molecule has 19 heavy (non-hydrogen) atoms. The summed E-state index contributed by atoms with van der Waals surface area (Å²) in [4.78, 5) is 26.2. The molecule has 0 aliphatic carbocycles. The van der Waals surface area contributed by atoms with E-state index in [1.54, 1.807) is 31.4 Å². The summed E-state index contributed by atoms with van der Waals surface area (Å²) in [5, 5.41) is 2.40. The lowest BCUT2D eigenvalue weighted by atomic mass is 10.2. The number of carbonyl (C=O) groups excluding carboxylic acids is 2. The van der Waals surface area contributed by atoms with Crippen molar-refractivity contribution in [3.8, 4) is 11.5 Å². The number of amidine groups is 1. The van der Waals surface area contributed by atoms with Crippen molar-refractivity contribution in [1.82, 2.24) is 5.32 Å². The summed E-state index contributed by atoms with van der Waals surface area (Å²) in [6.07, 6.45) is 0. The number of nitrogens with two attached hydrogens (primary N) is 1. The second kappa shape index (κ2) is 5.49. The number of nitrogens with one attached hydrogen (secondary N) is 1. The highest BCUT2D eigenvalue weighted by atomic mass is 16.5. The van der Waals surface area contributed by atoms with Gasteiger partial charge in [-0.1, -0.05) is 0 Å². The van der Waals surface area contributed by atoms with Crippen LogP contribution in [0.3, 0.4) is 0 Å². The van der Waals surface area contributed by atoms with Crippen molar-refractivity contribution in [3.63, 3.8) is 0 Å². The summed E-state index contributed by atoms with van der Waals surface area (Å²) >= 11 is 0. The predicted octanol–water partition coefficient (Wildman–Crippen LogP) is -0.544. The van der Waals surface area contributed by atoms with E-state index in [2.05, 4.69) is 10.3 Å². The number of hydrogen-bond acceptors (Lipinski definition) is 5. The first-order valence-electron chi connectivity index (χ1n) is 5.55. The van der Waals surface area contributed by atoms with E-state index in [1.807, 2.05) is 0 Å². The van der Waals surface area contributed by atoms with Crippen molar-refractivity contribution in [2.75, 3.05) is 13.7 Å². The van der Waals surface area contributed by atoms with Crippen molar-refractivity contribution >= 4 is 17.6 Å². The van der Waals surface area contributed by atoms with E-state index in [9.17, 15) is 9.59 Å². The van der Waals surface area contributed by atoms with Crippen LogP contribution in [0.1, 0.15) is 0 Å². The molecule has 0 spiro atoms. The normalized spacial score (nSPS) is 18.6. The Morgan fingerprint density at radius 2 is 1.89 bits per heavy atom. The molecule has 0 aromatic heterocycles. The monoisotopic (exact) mass is 263 g/mol. The zero-order chi connectivity index (χ0) is 13.8. The third-order valence-corrected chi connectivity index (χ3v) is 2.50. The highest BCUT2D eigenvalue weighted by molar-refractivity contribution is 6.18. The number of nitrogens with zero attached hydrogens (tertiary/aromatic N) is 1. The summed E-state index contributed by atoms with van der Waals surface area (Å²) in [5.41, 5.74) is 5.30. The number of ether oxygens (including phenoxy) is 2. The first-order chi connectivity index (χ1) is 9.10. The number of benzene rings is 1. The fourth-order valence-electron chi connectivity index (χ4n) is 1.45. The van der Waals surface area contributed by atoms with Gasteiger partial charge in [-0.05, 0) is 24.3 Å². The number of aliphatic imine (C=N–C) groups is 1. The van der Waals surface area contributed by atoms with Crippen LogP contribution in [0, 0.1) is 0 Å². The minimum atomic E-state index is -1.23. The Hall–Kier alpha value is -2.41. The minimum Gasteiger partial charge on any atom is -0.497 e. The maximum absolute atomic E-state index is 11.3. The third-order valence-electron chi connectivity index (χ3n) is 2.50. The van der Waals surface area contributed by atoms with Gasteiger partial charge in [0.1, 0.15) is 18.1 Å². The Morgan fingerprint density at radius 1 is 1.26 bits per heavy atom. The topological polar surface area (TPSA) is 103 Å². The average Bonchev–Trinajstić information content (AvgIpc) is 2.43. The Kier molecular flexibility index (Phi) is 3.76. The lowest BCUT2D eigenvalue weighted by Crippen LogP contribution is -2.53. The molecule has 0 radical (unpaired) electrons. The van der Waals surface area contributed by atoms with Crippen molar-refractivity contribution in [1.29, 1.82) is 0 Å². The minimum absolute atomic E-state index is 0.0173. The smallest absolute Gasteiger partial charge is 0.274 e. The first kappa shape index (κ1) is 13.0. The van der Waals surface area contributed by atoms with E-state index >= 15 is 0 Å². The molecule has 7 nitrogen and oxygen atoms in total. The van der Waals surface area contributed by atoms with Gasteiger partial charge in [0.05, 0.1) is 7.11 Å². The maximum Gasteiger partial charge on any atom is 0.274 e. The van der Waals surface area contributed by atoms with Gasteiger partial charge in [-0.25, -0.2) is 0 Å². The largest absolute Gasteiger partial charge is 0.497 e. The van der Waals surface area contributed by atoms with Crippen LogP contribution in [0.5, 0.6) is 11.5 Å². The Labute approximate surface area is 109 Å². The molecule has 1 aromatic rings. The van der Waals surface area contributed by atoms with Gasteiger partial charge < -0.3 is 20.5 Å². The molecule has 1 aromatic carbocycles. The van der Waals surface area contributed by atoms with Gasteiger partial charge in [-0.15, -0.1) is 0 Å². The van der Waals surface area contributed by atoms with Crippen LogP contribution in [-0.4, -0.2) is 37.4 Å². The molecule has 1 heterocycles. The number of amides is 2. The van der Waals surface area contributed by atoms with Gasteiger partial charge in [0.15, 0.2) is 11.9 Å². The molecule has 0 bridgehead atoms. The van der Waals surface area contributed by atoms with Gasteiger partial charge in [0.25, 0.3) is 11.8 Å². The van der Waals surface area contributed by atoms with Crippen LogP contribution in [0.15, 0.2) is 29.3 Å². The summed E-state index contributed by atoms with van der Waals surface area (Å²) in [7, 11) is 1.57. The molecule has 1 aliphatic heterocycles. The molecule has 3 N–H and O–H groups in total. The Bertz CT molecular complexity index is 524. The van der Waals surface area contributed by atoms with Crippen LogP contribution < -0.4 is 20.5 Å². The van der Waals surface area contributed by atoms with Gasteiger partial charge in [0, 0.05) is 0 Å². The Morgan fingerprint density at radius 3 is 2.47 bits per heavy atom. The van der Waals surface area contributed by atoms with Gasteiger partial charge in [0.2, 0.25) is 0 Å². The molecule has 1 aliphatic rings. The van der Waals surface area contributed by atoms with Gasteiger partial charge in [-0.3, -0.25) is 9.59 Å². The molecule has 1 unspecified atom stereocenters. The van der Waals surface area contributed by atoms with Crippen LogP contribution >= 0.6 is 0 Å². The van der Waals surface area contributed by atoms with E-state index < -0.39 is 17.9 Å². The maximum atomic E-state index is 11.3. The second-order valence-electron chi connectivity index (χ2n) is 3.83. The Balaban J connectivity index is 1.97. The summed E-state index contributed by atoms with van der Waals surface area (Å²) in [6, 6.07) is 5.65. The molecule has 2 amide bonds. The molecule has 1 atom stereocenters. The van der Waals surface area contributed by atoms with Gasteiger partial charge >= 0.3 is 0 Å². The lowest BCUT2D eigenvalue weighted by Gasteiger charge is -2.17. The molecule has 100 valence electrons. The van der Waals surface area contributed by atoms with Crippen LogP contribution in [-0.2, 0) is 9.59 Å².